The van der Waals surface area contributed by atoms with E-state index < -0.39 is 0 Å². The fourth-order valence-corrected chi connectivity index (χ4v) is 3.68. The Bertz CT molecular complexity index is 560. The summed E-state index contributed by atoms with van der Waals surface area (Å²) in [5.41, 5.74) is 5.24. The maximum atomic E-state index is 5.46. The van der Waals surface area contributed by atoms with Gasteiger partial charge in [-0.2, -0.15) is 0 Å². The van der Waals surface area contributed by atoms with Crippen LogP contribution in [0.4, 0.5) is 0 Å². The summed E-state index contributed by atoms with van der Waals surface area (Å²) >= 11 is 1.80. The molecule has 2 heterocycles. The summed E-state index contributed by atoms with van der Waals surface area (Å²) in [5.74, 6) is 0.836. The first-order valence-corrected chi connectivity index (χ1v) is 7.29. The molecule has 0 saturated carbocycles. The fraction of sp³-hybridized carbons (Fsp3) is 0.400. The molecule has 0 bridgehead atoms. The van der Waals surface area contributed by atoms with E-state index in [1.807, 2.05) is 0 Å². The van der Waals surface area contributed by atoms with Crippen LogP contribution < -0.4 is 4.74 Å². The van der Waals surface area contributed by atoms with Crippen molar-refractivity contribution in [1.82, 2.24) is 4.98 Å². The Morgan fingerprint density at radius 1 is 1.22 bits per heavy atom. The minimum atomic E-state index is 0.836. The fourth-order valence-electron chi connectivity index (χ4n) is 2.83. The monoisotopic (exact) mass is 259 g/mol. The zero-order valence-corrected chi connectivity index (χ0v) is 11.6. The Kier molecular flexibility index (Phi) is 3.08. The molecule has 3 rings (SSSR count). The van der Waals surface area contributed by atoms with E-state index in [9.17, 15) is 0 Å². The maximum absolute atomic E-state index is 5.46. The third-order valence-electron chi connectivity index (χ3n) is 3.62. The van der Waals surface area contributed by atoms with Crippen molar-refractivity contribution in [2.45, 2.75) is 32.6 Å². The predicted molar refractivity (Wildman–Crippen MR) is 75.5 cm³/mol. The van der Waals surface area contributed by atoms with Gasteiger partial charge in [-0.05, 0) is 49.6 Å². The van der Waals surface area contributed by atoms with E-state index in [4.69, 9.17) is 4.74 Å². The second kappa shape index (κ2) is 4.73. The molecule has 0 N–H and O–H groups in total. The van der Waals surface area contributed by atoms with Gasteiger partial charge in [-0.15, -0.1) is 11.3 Å². The topological polar surface area (TPSA) is 22.1 Å². The van der Waals surface area contributed by atoms with Gasteiger partial charge in [-0.1, -0.05) is 6.07 Å². The second-order valence-electron chi connectivity index (χ2n) is 4.72. The van der Waals surface area contributed by atoms with E-state index in [1.54, 1.807) is 18.4 Å². The molecule has 94 valence electrons. The number of rotatable bonds is 2. The minimum absolute atomic E-state index is 0.836. The number of thiophene rings is 1. The first-order valence-electron chi connectivity index (χ1n) is 6.41. The Labute approximate surface area is 112 Å². The van der Waals surface area contributed by atoms with Gasteiger partial charge in [0.25, 0.3) is 0 Å². The minimum Gasteiger partial charge on any atom is -0.481 e. The zero-order chi connectivity index (χ0) is 12.5. The number of ether oxygens (including phenoxy) is 1. The molecule has 0 aromatic carbocycles. The number of hydrogen-bond donors (Lipinski definition) is 0. The summed E-state index contributed by atoms with van der Waals surface area (Å²) in [6.45, 7) is 2.09. The standard InChI is InChI=1S/C15H17NOS/c1-10-14(13-8-5-9-18-13)11-6-3-4-7-12(11)15(16-10)17-2/h5,8-9H,3-4,6-7H2,1-2H3. The second-order valence-corrected chi connectivity index (χ2v) is 5.67. The van der Waals surface area contributed by atoms with Gasteiger partial charge in [0.05, 0.1) is 12.8 Å². The van der Waals surface area contributed by atoms with Crippen molar-refractivity contribution in [2.75, 3.05) is 7.11 Å². The van der Waals surface area contributed by atoms with Gasteiger partial charge in [0, 0.05) is 16.0 Å². The Morgan fingerprint density at radius 3 is 2.67 bits per heavy atom. The molecule has 2 aromatic rings. The number of aromatic nitrogens is 1. The molecule has 0 spiro atoms. The molecule has 0 fully saturated rings. The van der Waals surface area contributed by atoms with Crippen LogP contribution in [0.15, 0.2) is 17.5 Å². The summed E-state index contributed by atoms with van der Waals surface area (Å²) in [6, 6.07) is 4.30. The SMILES string of the molecule is COc1nc(C)c(-c2cccs2)c2c1CCCC2. The van der Waals surface area contributed by atoms with Gasteiger partial charge in [-0.25, -0.2) is 4.98 Å². The molecule has 0 unspecified atom stereocenters. The summed E-state index contributed by atoms with van der Waals surface area (Å²) < 4.78 is 5.46. The van der Waals surface area contributed by atoms with Crippen LogP contribution in [0.25, 0.3) is 10.4 Å². The van der Waals surface area contributed by atoms with Crippen LogP contribution in [-0.2, 0) is 12.8 Å². The molecule has 1 aliphatic carbocycles. The van der Waals surface area contributed by atoms with E-state index in [1.165, 1.54) is 34.4 Å². The van der Waals surface area contributed by atoms with E-state index in [0.29, 0.717) is 0 Å². The highest BCUT2D eigenvalue weighted by molar-refractivity contribution is 7.13. The lowest BCUT2D eigenvalue weighted by molar-refractivity contribution is 0.388. The van der Waals surface area contributed by atoms with Crippen LogP contribution in [0.1, 0.15) is 29.7 Å². The number of fused-ring (bicyclic) bond motifs is 1. The van der Waals surface area contributed by atoms with Crippen molar-refractivity contribution in [3.63, 3.8) is 0 Å². The molecular weight excluding hydrogens is 242 g/mol. The first-order chi connectivity index (χ1) is 8.81. The number of hydrogen-bond acceptors (Lipinski definition) is 3. The normalized spacial score (nSPS) is 14.3. The van der Waals surface area contributed by atoms with Crippen LogP contribution in [0.2, 0.25) is 0 Å². The van der Waals surface area contributed by atoms with Gasteiger partial charge in [0.15, 0.2) is 0 Å². The molecule has 0 amide bonds. The molecule has 0 atom stereocenters. The van der Waals surface area contributed by atoms with Crippen LogP contribution in [0, 0.1) is 6.92 Å². The summed E-state index contributed by atoms with van der Waals surface area (Å²) in [5, 5.41) is 2.13. The highest BCUT2D eigenvalue weighted by Gasteiger charge is 2.22. The Hall–Kier alpha value is -1.35. The lowest BCUT2D eigenvalue weighted by atomic mass is 9.88. The zero-order valence-electron chi connectivity index (χ0n) is 10.8. The number of aryl methyl sites for hydroxylation is 1. The van der Waals surface area contributed by atoms with E-state index in [0.717, 1.165) is 24.4 Å². The molecular formula is C15H17NOS. The average molecular weight is 259 g/mol. The van der Waals surface area contributed by atoms with Crippen molar-refractivity contribution in [3.8, 4) is 16.3 Å². The predicted octanol–water partition coefficient (Wildman–Crippen LogP) is 4.01. The summed E-state index contributed by atoms with van der Waals surface area (Å²) in [7, 11) is 1.72. The lowest BCUT2D eigenvalue weighted by Crippen LogP contribution is -2.10. The molecule has 0 saturated heterocycles. The van der Waals surface area contributed by atoms with Crippen LogP contribution in [-0.4, -0.2) is 12.1 Å². The largest absolute Gasteiger partial charge is 0.481 e. The van der Waals surface area contributed by atoms with Crippen molar-refractivity contribution >= 4 is 11.3 Å². The highest BCUT2D eigenvalue weighted by atomic mass is 32.1. The number of pyridine rings is 1. The molecule has 2 aromatic heterocycles. The van der Waals surface area contributed by atoms with E-state index in [2.05, 4.69) is 29.4 Å². The quantitative estimate of drug-likeness (QED) is 0.813. The number of methoxy groups -OCH3 is 1. The summed E-state index contributed by atoms with van der Waals surface area (Å²) in [6.07, 6.45) is 4.78. The molecule has 2 nitrogen and oxygen atoms in total. The molecule has 18 heavy (non-hydrogen) atoms. The Morgan fingerprint density at radius 2 is 2.00 bits per heavy atom. The van der Waals surface area contributed by atoms with Gasteiger partial charge in [0.2, 0.25) is 5.88 Å². The van der Waals surface area contributed by atoms with Crippen LogP contribution >= 0.6 is 11.3 Å². The van der Waals surface area contributed by atoms with Crippen molar-refractivity contribution in [3.05, 3.63) is 34.3 Å². The van der Waals surface area contributed by atoms with Gasteiger partial charge in [0.1, 0.15) is 0 Å². The average Bonchev–Trinajstić information content (AvgIpc) is 2.91. The summed E-state index contributed by atoms with van der Waals surface area (Å²) in [4.78, 5) is 5.98. The van der Waals surface area contributed by atoms with Crippen molar-refractivity contribution in [2.24, 2.45) is 0 Å². The third kappa shape index (κ3) is 1.83. The highest BCUT2D eigenvalue weighted by Crippen LogP contribution is 2.39. The number of nitrogens with zero attached hydrogens (tertiary/aromatic N) is 1. The third-order valence-corrected chi connectivity index (χ3v) is 4.51. The van der Waals surface area contributed by atoms with Crippen molar-refractivity contribution in [1.29, 1.82) is 0 Å². The van der Waals surface area contributed by atoms with Gasteiger partial charge >= 0.3 is 0 Å². The Balaban J connectivity index is 2.25. The van der Waals surface area contributed by atoms with E-state index >= 15 is 0 Å². The smallest absolute Gasteiger partial charge is 0.216 e. The molecule has 0 radical (unpaired) electrons. The maximum Gasteiger partial charge on any atom is 0.216 e. The van der Waals surface area contributed by atoms with Gasteiger partial charge < -0.3 is 4.74 Å². The van der Waals surface area contributed by atoms with Crippen molar-refractivity contribution < 1.29 is 4.74 Å². The molecule has 1 aliphatic rings. The van der Waals surface area contributed by atoms with E-state index in [-0.39, 0.29) is 0 Å². The molecule has 3 heteroatoms. The molecule has 0 aliphatic heterocycles. The van der Waals surface area contributed by atoms with Crippen LogP contribution in [0.3, 0.4) is 0 Å². The van der Waals surface area contributed by atoms with Crippen LogP contribution in [0.5, 0.6) is 5.88 Å². The van der Waals surface area contributed by atoms with Gasteiger partial charge in [-0.3, -0.25) is 0 Å². The first kappa shape index (κ1) is 11.7. The lowest BCUT2D eigenvalue weighted by Gasteiger charge is -2.22.